The Labute approximate surface area is 99.8 Å². The third-order valence-corrected chi connectivity index (χ3v) is 3.68. The van der Waals surface area contributed by atoms with Crippen molar-refractivity contribution in [3.8, 4) is 0 Å². The third-order valence-electron chi connectivity index (χ3n) is 3.68. The Kier molecular flexibility index (Phi) is 6.32. The molecule has 0 bridgehead atoms. The molecule has 1 fully saturated rings. The minimum Gasteiger partial charge on any atom is -0.392 e. The number of nitrogens with zero attached hydrogens (tertiary/aromatic N) is 1. The van der Waals surface area contributed by atoms with E-state index in [2.05, 4.69) is 18.7 Å². The van der Waals surface area contributed by atoms with Gasteiger partial charge in [-0.25, -0.2) is 0 Å². The molecule has 3 nitrogen and oxygen atoms in total. The normalized spacial score (nSPS) is 19.9. The van der Waals surface area contributed by atoms with Crippen LogP contribution in [0.2, 0.25) is 0 Å². The summed E-state index contributed by atoms with van der Waals surface area (Å²) in [5.74, 6) is 0.531. The zero-order chi connectivity index (χ0) is 12.0. The summed E-state index contributed by atoms with van der Waals surface area (Å²) in [6, 6.07) is 0.478. The summed E-state index contributed by atoms with van der Waals surface area (Å²) in [4.78, 5) is 2.31. The van der Waals surface area contributed by atoms with Crippen molar-refractivity contribution in [2.24, 2.45) is 5.92 Å². The van der Waals surface area contributed by atoms with Gasteiger partial charge < -0.3 is 9.84 Å². The summed E-state index contributed by atoms with van der Waals surface area (Å²) < 4.78 is 5.11. The first-order chi connectivity index (χ1) is 7.65. The van der Waals surface area contributed by atoms with Gasteiger partial charge in [0.2, 0.25) is 0 Å². The summed E-state index contributed by atoms with van der Waals surface area (Å²) in [5, 5.41) is 10.2. The molecule has 16 heavy (non-hydrogen) atoms. The molecular formula is C13H27NO2. The first-order valence-corrected chi connectivity index (χ1v) is 6.56. The van der Waals surface area contributed by atoms with Crippen molar-refractivity contribution in [3.05, 3.63) is 0 Å². The molecule has 1 saturated carbocycles. The van der Waals surface area contributed by atoms with Crippen LogP contribution in [0, 0.1) is 5.92 Å². The maximum atomic E-state index is 10.2. The molecule has 0 aliphatic heterocycles. The molecular weight excluding hydrogens is 202 g/mol. The lowest BCUT2D eigenvalue weighted by atomic mass is 10.00. The van der Waals surface area contributed by atoms with Crippen molar-refractivity contribution < 1.29 is 9.84 Å². The quantitative estimate of drug-likeness (QED) is 0.723. The molecule has 3 heteroatoms. The molecule has 0 spiro atoms. The predicted molar refractivity (Wildman–Crippen MR) is 66.5 cm³/mol. The van der Waals surface area contributed by atoms with E-state index in [4.69, 9.17) is 4.74 Å². The summed E-state index contributed by atoms with van der Waals surface area (Å²) >= 11 is 0. The Balaban J connectivity index is 2.34. The SMILES string of the molecule is COCCN(CC(O)C1CCCC1)C(C)C. The summed E-state index contributed by atoms with van der Waals surface area (Å²) in [6.45, 7) is 6.81. The molecule has 1 rings (SSSR count). The third kappa shape index (κ3) is 4.40. The highest BCUT2D eigenvalue weighted by Crippen LogP contribution is 2.28. The van der Waals surface area contributed by atoms with Crippen LogP contribution in [0.15, 0.2) is 0 Å². The minimum absolute atomic E-state index is 0.151. The van der Waals surface area contributed by atoms with E-state index >= 15 is 0 Å². The van der Waals surface area contributed by atoms with E-state index in [0.29, 0.717) is 12.0 Å². The highest BCUT2D eigenvalue weighted by molar-refractivity contribution is 4.78. The van der Waals surface area contributed by atoms with Gasteiger partial charge in [0.25, 0.3) is 0 Å². The fourth-order valence-electron chi connectivity index (χ4n) is 2.50. The molecule has 1 unspecified atom stereocenters. The number of hydrogen-bond donors (Lipinski definition) is 1. The molecule has 1 aliphatic carbocycles. The lowest BCUT2D eigenvalue weighted by Gasteiger charge is -2.30. The van der Waals surface area contributed by atoms with Crippen molar-refractivity contribution in [3.63, 3.8) is 0 Å². The predicted octanol–water partition coefficient (Wildman–Crippen LogP) is 1.89. The van der Waals surface area contributed by atoms with Crippen LogP contribution in [0.4, 0.5) is 0 Å². The Hall–Kier alpha value is -0.120. The summed E-state index contributed by atoms with van der Waals surface area (Å²) in [7, 11) is 1.73. The Morgan fingerprint density at radius 2 is 1.94 bits per heavy atom. The van der Waals surface area contributed by atoms with E-state index in [9.17, 15) is 5.11 Å². The minimum atomic E-state index is -0.151. The Morgan fingerprint density at radius 1 is 1.31 bits per heavy atom. The number of hydrogen-bond acceptors (Lipinski definition) is 3. The van der Waals surface area contributed by atoms with Gasteiger partial charge in [-0.3, -0.25) is 4.90 Å². The van der Waals surface area contributed by atoms with Crippen LogP contribution in [0.5, 0.6) is 0 Å². The average Bonchev–Trinajstić information content (AvgIpc) is 2.76. The second-order valence-electron chi connectivity index (χ2n) is 5.19. The first-order valence-electron chi connectivity index (χ1n) is 6.56. The van der Waals surface area contributed by atoms with Gasteiger partial charge in [-0.05, 0) is 32.6 Å². The van der Waals surface area contributed by atoms with Gasteiger partial charge in [-0.2, -0.15) is 0 Å². The smallest absolute Gasteiger partial charge is 0.0695 e. The molecule has 0 heterocycles. The van der Waals surface area contributed by atoms with Gasteiger partial charge in [0, 0.05) is 26.2 Å². The lowest BCUT2D eigenvalue weighted by Crippen LogP contribution is -2.41. The van der Waals surface area contributed by atoms with Crippen LogP contribution in [0.3, 0.4) is 0 Å². The van der Waals surface area contributed by atoms with Crippen LogP contribution < -0.4 is 0 Å². The fourth-order valence-corrected chi connectivity index (χ4v) is 2.50. The van der Waals surface area contributed by atoms with E-state index in [1.807, 2.05) is 0 Å². The number of aliphatic hydroxyl groups excluding tert-OH is 1. The molecule has 96 valence electrons. The maximum Gasteiger partial charge on any atom is 0.0695 e. The number of ether oxygens (including phenoxy) is 1. The van der Waals surface area contributed by atoms with Crippen LogP contribution in [0.1, 0.15) is 39.5 Å². The molecule has 1 N–H and O–H groups in total. The highest BCUT2D eigenvalue weighted by atomic mass is 16.5. The van der Waals surface area contributed by atoms with E-state index in [1.165, 1.54) is 25.7 Å². The van der Waals surface area contributed by atoms with E-state index in [0.717, 1.165) is 19.7 Å². The van der Waals surface area contributed by atoms with Crippen molar-refractivity contribution in [2.75, 3.05) is 26.8 Å². The van der Waals surface area contributed by atoms with Gasteiger partial charge in [0.15, 0.2) is 0 Å². The van der Waals surface area contributed by atoms with E-state index < -0.39 is 0 Å². The molecule has 1 atom stereocenters. The van der Waals surface area contributed by atoms with Crippen molar-refractivity contribution in [2.45, 2.75) is 51.7 Å². The second kappa shape index (κ2) is 7.25. The average molecular weight is 229 g/mol. The first kappa shape index (κ1) is 13.9. The zero-order valence-electron chi connectivity index (χ0n) is 11.0. The second-order valence-corrected chi connectivity index (χ2v) is 5.19. The van der Waals surface area contributed by atoms with E-state index in [-0.39, 0.29) is 6.10 Å². The fraction of sp³-hybridized carbons (Fsp3) is 1.00. The van der Waals surface area contributed by atoms with Crippen molar-refractivity contribution in [1.82, 2.24) is 4.90 Å². The molecule has 0 aromatic carbocycles. The molecule has 0 aromatic heterocycles. The van der Waals surface area contributed by atoms with Crippen molar-refractivity contribution in [1.29, 1.82) is 0 Å². The standard InChI is InChI=1S/C13H27NO2/c1-11(2)14(8-9-16-3)10-13(15)12-6-4-5-7-12/h11-13,15H,4-10H2,1-3H3. The monoisotopic (exact) mass is 229 g/mol. The molecule has 1 aliphatic rings. The van der Waals surface area contributed by atoms with Crippen LogP contribution in [-0.4, -0.2) is 49.0 Å². The van der Waals surface area contributed by atoms with Crippen LogP contribution in [0.25, 0.3) is 0 Å². The van der Waals surface area contributed by atoms with Crippen LogP contribution >= 0.6 is 0 Å². The molecule has 0 saturated heterocycles. The van der Waals surface area contributed by atoms with Crippen LogP contribution in [-0.2, 0) is 4.74 Å². The number of rotatable bonds is 7. The Morgan fingerprint density at radius 3 is 2.44 bits per heavy atom. The van der Waals surface area contributed by atoms with Gasteiger partial charge in [0.05, 0.1) is 12.7 Å². The molecule has 0 amide bonds. The lowest BCUT2D eigenvalue weighted by molar-refractivity contribution is 0.0415. The van der Waals surface area contributed by atoms with Gasteiger partial charge in [-0.1, -0.05) is 12.8 Å². The van der Waals surface area contributed by atoms with Gasteiger partial charge in [-0.15, -0.1) is 0 Å². The Bertz CT molecular complexity index is 179. The molecule has 0 radical (unpaired) electrons. The molecule has 0 aromatic rings. The van der Waals surface area contributed by atoms with E-state index in [1.54, 1.807) is 7.11 Å². The highest BCUT2D eigenvalue weighted by Gasteiger charge is 2.25. The topological polar surface area (TPSA) is 32.7 Å². The van der Waals surface area contributed by atoms with Gasteiger partial charge >= 0.3 is 0 Å². The number of methoxy groups -OCH3 is 1. The largest absolute Gasteiger partial charge is 0.392 e. The number of aliphatic hydroxyl groups is 1. The van der Waals surface area contributed by atoms with Gasteiger partial charge in [0.1, 0.15) is 0 Å². The summed E-state index contributed by atoms with van der Waals surface area (Å²) in [5.41, 5.74) is 0. The summed E-state index contributed by atoms with van der Waals surface area (Å²) in [6.07, 6.45) is 4.85. The maximum absolute atomic E-state index is 10.2. The van der Waals surface area contributed by atoms with Crippen molar-refractivity contribution >= 4 is 0 Å². The zero-order valence-corrected chi connectivity index (χ0v) is 11.0.